The lowest BCUT2D eigenvalue weighted by molar-refractivity contribution is -0.141. The van der Waals surface area contributed by atoms with Gasteiger partial charge in [0.25, 0.3) is 0 Å². The summed E-state index contributed by atoms with van der Waals surface area (Å²) in [7, 11) is 0. The van der Waals surface area contributed by atoms with E-state index in [2.05, 4.69) is 15.6 Å². The van der Waals surface area contributed by atoms with E-state index in [0.717, 1.165) is 0 Å². The van der Waals surface area contributed by atoms with E-state index in [-0.39, 0.29) is 12.5 Å². The molecule has 0 heterocycles. The van der Waals surface area contributed by atoms with Crippen LogP contribution in [-0.4, -0.2) is 54.0 Å². The minimum absolute atomic E-state index is 0.0303. The third kappa shape index (κ3) is 9.21. The van der Waals surface area contributed by atoms with Gasteiger partial charge in [-0.1, -0.05) is 0 Å². The first-order valence-corrected chi connectivity index (χ1v) is 6.35. The number of nitrogens with one attached hydrogen (secondary N) is 2. The quantitative estimate of drug-likeness (QED) is 0.149. The molecule has 0 saturated heterocycles. The molecular weight excluding hydrogens is 280 g/mol. The highest BCUT2D eigenvalue weighted by Gasteiger charge is 2.16. The predicted octanol–water partition coefficient (Wildman–Crippen LogP) is -2.93. The lowest BCUT2D eigenvalue weighted by Crippen LogP contribution is -2.47. The van der Waals surface area contributed by atoms with Crippen LogP contribution in [0.2, 0.25) is 0 Å². The van der Waals surface area contributed by atoms with Crippen molar-refractivity contribution in [3.05, 3.63) is 0 Å². The largest absolute Gasteiger partial charge is 0.480 e. The average Bonchev–Trinajstić information content (AvgIpc) is 2.40. The highest BCUT2D eigenvalue weighted by Crippen LogP contribution is 1.95. The van der Waals surface area contributed by atoms with Gasteiger partial charge in [-0.3, -0.25) is 19.4 Å². The molecule has 0 aromatic carbocycles. The van der Waals surface area contributed by atoms with E-state index < -0.39 is 29.9 Å². The van der Waals surface area contributed by atoms with Crippen LogP contribution >= 0.6 is 0 Å². The number of carboxylic acids is 1. The highest BCUT2D eigenvalue weighted by molar-refractivity contribution is 5.89. The lowest BCUT2D eigenvalue weighted by Gasteiger charge is -2.13. The van der Waals surface area contributed by atoms with Crippen LogP contribution in [0, 0.1) is 0 Å². The van der Waals surface area contributed by atoms with Gasteiger partial charge >= 0.3 is 5.97 Å². The van der Waals surface area contributed by atoms with E-state index in [4.69, 9.17) is 22.3 Å². The Morgan fingerprint density at radius 3 is 2.43 bits per heavy atom. The first kappa shape index (κ1) is 18.6. The molecule has 0 fully saturated rings. The number of nitrogens with two attached hydrogens (primary N) is 3. The molecular formula is C11H22N6O4. The van der Waals surface area contributed by atoms with Crippen molar-refractivity contribution in [3.63, 3.8) is 0 Å². The molecule has 0 radical (unpaired) electrons. The van der Waals surface area contributed by atoms with Gasteiger partial charge < -0.3 is 32.9 Å². The number of carboxylic acid groups (broad SMARTS) is 1. The summed E-state index contributed by atoms with van der Waals surface area (Å²) in [6, 6.07) is -1.81. The molecule has 0 rings (SSSR count). The van der Waals surface area contributed by atoms with Crippen LogP contribution in [0.25, 0.3) is 0 Å². The molecule has 0 aliphatic rings. The van der Waals surface area contributed by atoms with Crippen molar-refractivity contribution in [1.82, 2.24) is 10.6 Å². The highest BCUT2D eigenvalue weighted by atomic mass is 16.4. The van der Waals surface area contributed by atoms with Crippen LogP contribution in [0.3, 0.4) is 0 Å². The van der Waals surface area contributed by atoms with Crippen LogP contribution < -0.4 is 27.8 Å². The third-order valence-corrected chi connectivity index (χ3v) is 2.48. The SMILES string of the molecule is CC(NC(=O)CNC(=O)C(N)CCCN=C(N)N)C(=O)O. The number of carbonyl (C=O) groups excluding carboxylic acids is 2. The van der Waals surface area contributed by atoms with Gasteiger partial charge in [0.15, 0.2) is 5.96 Å². The number of aliphatic carboxylic acids is 1. The second kappa shape index (κ2) is 9.53. The second-order valence-electron chi connectivity index (χ2n) is 4.40. The van der Waals surface area contributed by atoms with Crippen molar-refractivity contribution < 1.29 is 19.5 Å². The minimum atomic E-state index is -1.16. The molecule has 21 heavy (non-hydrogen) atoms. The van der Waals surface area contributed by atoms with Crippen molar-refractivity contribution >= 4 is 23.7 Å². The molecule has 2 amide bonds. The Morgan fingerprint density at radius 1 is 1.29 bits per heavy atom. The van der Waals surface area contributed by atoms with Gasteiger partial charge in [-0.15, -0.1) is 0 Å². The number of hydrogen-bond donors (Lipinski definition) is 6. The van der Waals surface area contributed by atoms with Crippen molar-refractivity contribution in [2.45, 2.75) is 31.8 Å². The van der Waals surface area contributed by atoms with Gasteiger partial charge in [0.2, 0.25) is 11.8 Å². The Kier molecular flexibility index (Phi) is 8.46. The number of guanidine groups is 1. The van der Waals surface area contributed by atoms with E-state index in [1.807, 2.05) is 0 Å². The zero-order valence-electron chi connectivity index (χ0n) is 11.8. The molecule has 0 spiro atoms. The Balaban J connectivity index is 3.94. The van der Waals surface area contributed by atoms with Crippen LogP contribution in [-0.2, 0) is 14.4 Å². The van der Waals surface area contributed by atoms with Gasteiger partial charge in [-0.2, -0.15) is 0 Å². The van der Waals surface area contributed by atoms with E-state index in [1.165, 1.54) is 6.92 Å². The summed E-state index contributed by atoms with van der Waals surface area (Å²) in [5.74, 6) is -2.30. The first-order valence-electron chi connectivity index (χ1n) is 6.35. The molecule has 2 unspecified atom stereocenters. The van der Waals surface area contributed by atoms with Crippen LogP contribution in [0.4, 0.5) is 0 Å². The standard InChI is InChI=1S/C11H22N6O4/c1-6(10(20)21)17-8(18)5-16-9(19)7(12)3-2-4-15-11(13)14/h6-7H,2-5,12H2,1H3,(H,16,19)(H,17,18)(H,20,21)(H4,13,14,15). The second-order valence-corrected chi connectivity index (χ2v) is 4.40. The molecule has 120 valence electrons. The number of aliphatic imine (C=N–C) groups is 1. The van der Waals surface area contributed by atoms with Crippen molar-refractivity contribution in [1.29, 1.82) is 0 Å². The topological polar surface area (TPSA) is 186 Å². The summed E-state index contributed by atoms with van der Waals surface area (Å²) in [6.45, 7) is 1.34. The van der Waals surface area contributed by atoms with E-state index in [0.29, 0.717) is 19.4 Å². The Hall–Kier alpha value is -2.36. The fraction of sp³-hybridized carbons (Fsp3) is 0.636. The number of nitrogens with zero attached hydrogens (tertiary/aromatic N) is 1. The monoisotopic (exact) mass is 302 g/mol. The van der Waals surface area contributed by atoms with E-state index in [9.17, 15) is 14.4 Å². The van der Waals surface area contributed by atoms with E-state index >= 15 is 0 Å². The summed E-state index contributed by atoms with van der Waals surface area (Å²) in [4.78, 5) is 37.2. The molecule has 10 heteroatoms. The smallest absolute Gasteiger partial charge is 0.325 e. The Bertz CT molecular complexity index is 408. The summed E-state index contributed by atoms with van der Waals surface area (Å²) >= 11 is 0. The average molecular weight is 302 g/mol. The molecule has 0 aromatic rings. The van der Waals surface area contributed by atoms with Crippen molar-refractivity contribution in [2.75, 3.05) is 13.1 Å². The Morgan fingerprint density at radius 2 is 1.90 bits per heavy atom. The molecule has 10 nitrogen and oxygen atoms in total. The molecule has 0 saturated carbocycles. The fourth-order valence-electron chi connectivity index (χ4n) is 1.30. The normalized spacial score (nSPS) is 12.9. The van der Waals surface area contributed by atoms with Gasteiger partial charge in [0.05, 0.1) is 12.6 Å². The van der Waals surface area contributed by atoms with Crippen molar-refractivity contribution in [2.24, 2.45) is 22.2 Å². The number of rotatable bonds is 9. The molecule has 0 bridgehead atoms. The third-order valence-electron chi connectivity index (χ3n) is 2.48. The minimum Gasteiger partial charge on any atom is -0.480 e. The zero-order chi connectivity index (χ0) is 16.4. The van der Waals surface area contributed by atoms with E-state index in [1.54, 1.807) is 0 Å². The number of hydrogen-bond acceptors (Lipinski definition) is 5. The number of carbonyl (C=O) groups is 3. The lowest BCUT2D eigenvalue weighted by atomic mass is 10.1. The fourth-order valence-corrected chi connectivity index (χ4v) is 1.30. The molecule has 9 N–H and O–H groups in total. The van der Waals surface area contributed by atoms with Crippen molar-refractivity contribution in [3.8, 4) is 0 Å². The van der Waals surface area contributed by atoms with Crippen LogP contribution in [0.1, 0.15) is 19.8 Å². The molecule has 0 aliphatic carbocycles. The summed E-state index contributed by atoms with van der Waals surface area (Å²) in [5.41, 5.74) is 15.9. The Labute approximate surface area is 122 Å². The summed E-state index contributed by atoms with van der Waals surface area (Å²) in [6.07, 6.45) is 0.879. The maximum Gasteiger partial charge on any atom is 0.325 e. The predicted molar refractivity (Wildman–Crippen MR) is 76.1 cm³/mol. The maximum atomic E-state index is 11.6. The van der Waals surface area contributed by atoms with Gasteiger partial charge in [0.1, 0.15) is 6.04 Å². The summed E-state index contributed by atoms with van der Waals surface area (Å²) < 4.78 is 0. The molecule has 0 aromatic heterocycles. The van der Waals surface area contributed by atoms with Crippen LogP contribution in [0.5, 0.6) is 0 Å². The first-order chi connectivity index (χ1) is 9.73. The van der Waals surface area contributed by atoms with Crippen LogP contribution in [0.15, 0.2) is 4.99 Å². The summed E-state index contributed by atoms with van der Waals surface area (Å²) in [5, 5.41) is 13.1. The van der Waals surface area contributed by atoms with Gasteiger partial charge in [-0.25, -0.2) is 0 Å². The number of amides is 2. The molecule has 2 atom stereocenters. The maximum absolute atomic E-state index is 11.6. The van der Waals surface area contributed by atoms with Gasteiger partial charge in [-0.05, 0) is 19.8 Å². The zero-order valence-corrected chi connectivity index (χ0v) is 11.8. The molecule has 0 aliphatic heterocycles. The van der Waals surface area contributed by atoms with Gasteiger partial charge in [0, 0.05) is 6.54 Å².